The molecule has 0 bridgehead atoms. The van der Waals surface area contributed by atoms with Gasteiger partial charge in [-0.25, -0.2) is 0 Å². The molecule has 0 unspecified atom stereocenters. The van der Waals surface area contributed by atoms with Crippen LogP contribution < -0.4 is 10.2 Å². The highest BCUT2D eigenvalue weighted by atomic mass is 16.4. The average molecular weight is 244 g/mol. The van der Waals surface area contributed by atoms with Gasteiger partial charge in [-0.05, 0) is 36.1 Å². The fourth-order valence-electron chi connectivity index (χ4n) is 1.83. The Kier molecular flexibility index (Phi) is 3.71. The highest BCUT2D eigenvalue weighted by Crippen LogP contribution is 2.30. The zero-order valence-electron chi connectivity index (χ0n) is 10.2. The van der Waals surface area contributed by atoms with Gasteiger partial charge in [0.05, 0.1) is 11.9 Å². The van der Waals surface area contributed by atoms with Crippen LogP contribution in [-0.4, -0.2) is 11.9 Å². The van der Waals surface area contributed by atoms with Crippen molar-refractivity contribution in [1.82, 2.24) is 0 Å². The zero-order chi connectivity index (χ0) is 14.0. The minimum absolute atomic E-state index is 0.106. The Morgan fingerprint density at radius 2 is 1.17 bits per heavy atom. The van der Waals surface area contributed by atoms with Crippen molar-refractivity contribution in [1.29, 1.82) is 0 Å². The van der Waals surface area contributed by atoms with Crippen molar-refractivity contribution in [3.63, 3.8) is 0 Å². The predicted octanol–water partition coefficient (Wildman–Crippen LogP) is 0.480. The van der Waals surface area contributed by atoms with Gasteiger partial charge < -0.3 is 19.8 Å². The first-order chi connectivity index (χ1) is 8.27. The molecule has 1 rings (SSSR count). The molecular weight excluding hydrogens is 232 g/mol. The molecule has 0 amide bonds. The van der Waals surface area contributed by atoms with Crippen LogP contribution in [0.3, 0.4) is 0 Å². The maximum atomic E-state index is 11.0. The number of carboxylic acid groups (broad SMARTS) is 2. The molecular formula is C14H12O4-2. The van der Waals surface area contributed by atoms with Gasteiger partial charge in [-0.3, -0.25) is 0 Å². The monoisotopic (exact) mass is 244 g/mol. The average Bonchev–Trinajstić information content (AvgIpc) is 2.26. The van der Waals surface area contributed by atoms with E-state index in [1.54, 1.807) is 13.8 Å². The van der Waals surface area contributed by atoms with Crippen LogP contribution >= 0.6 is 0 Å². The summed E-state index contributed by atoms with van der Waals surface area (Å²) in [5, 5.41) is 22.1. The predicted molar refractivity (Wildman–Crippen MR) is 64.5 cm³/mol. The molecule has 1 aromatic carbocycles. The molecule has 0 aromatic heterocycles. The molecule has 1 aromatic rings. The molecule has 0 spiro atoms. The highest BCUT2D eigenvalue weighted by molar-refractivity contribution is 6.01. The van der Waals surface area contributed by atoms with Crippen LogP contribution in [0.2, 0.25) is 0 Å². The number of allylic oxidation sites excluding steroid dienone is 2. The number of carbonyl (C=O) groups excluding carboxylic acids is 2. The molecule has 0 N–H and O–H groups in total. The van der Waals surface area contributed by atoms with Crippen LogP contribution in [0.25, 0.3) is 11.1 Å². The van der Waals surface area contributed by atoms with E-state index in [1.165, 1.54) is 12.1 Å². The van der Waals surface area contributed by atoms with Gasteiger partial charge >= 0.3 is 0 Å². The van der Waals surface area contributed by atoms with Gasteiger partial charge in [-0.2, -0.15) is 0 Å². The summed E-state index contributed by atoms with van der Waals surface area (Å²) < 4.78 is 0. The summed E-state index contributed by atoms with van der Waals surface area (Å²) in [6, 6.07) is 2.35. The van der Waals surface area contributed by atoms with Gasteiger partial charge in [0.1, 0.15) is 0 Å². The largest absolute Gasteiger partial charge is 0.545 e. The number of aromatic carboxylic acids is 2. The Hall–Kier alpha value is -2.36. The van der Waals surface area contributed by atoms with E-state index in [9.17, 15) is 19.8 Å². The summed E-state index contributed by atoms with van der Waals surface area (Å²) in [5.41, 5.74) is 1.09. The standard InChI is InChI=1S/C14H14O4/c1-7(2)11-9(13(15)16)5-6-10(14(17)18)12(11)8(3)4/h5-6H,1,3H2,2,4H3,(H,15,16)(H,17,18)/p-2. The molecule has 0 saturated carbocycles. The van der Waals surface area contributed by atoms with Crippen LogP contribution in [0.5, 0.6) is 0 Å². The van der Waals surface area contributed by atoms with E-state index < -0.39 is 11.9 Å². The first-order valence-electron chi connectivity index (χ1n) is 5.18. The smallest absolute Gasteiger partial charge is 0.0721 e. The Morgan fingerprint density at radius 3 is 1.33 bits per heavy atom. The molecule has 0 fully saturated rings. The van der Waals surface area contributed by atoms with Crippen molar-refractivity contribution < 1.29 is 19.8 Å². The second-order valence-corrected chi connectivity index (χ2v) is 4.05. The number of benzene rings is 1. The maximum absolute atomic E-state index is 11.0. The SMILES string of the molecule is C=C(C)c1c(C(=O)[O-])ccc(C(=O)[O-])c1C(=C)C. The molecule has 18 heavy (non-hydrogen) atoms. The van der Waals surface area contributed by atoms with Gasteiger partial charge in [-0.15, -0.1) is 0 Å². The van der Waals surface area contributed by atoms with Gasteiger partial charge in [0.25, 0.3) is 0 Å². The lowest BCUT2D eigenvalue weighted by atomic mass is 9.88. The molecule has 0 heterocycles. The molecule has 0 saturated heterocycles. The molecule has 0 atom stereocenters. The van der Waals surface area contributed by atoms with Crippen molar-refractivity contribution >= 4 is 23.1 Å². The van der Waals surface area contributed by atoms with E-state index >= 15 is 0 Å². The molecule has 94 valence electrons. The number of carbonyl (C=O) groups is 2. The lowest BCUT2D eigenvalue weighted by molar-refractivity contribution is -0.256. The number of hydrogen-bond donors (Lipinski definition) is 0. The first kappa shape index (κ1) is 13.7. The molecule has 0 aliphatic heterocycles. The molecule has 4 heteroatoms. The molecule has 0 aliphatic carbocycles. The van der Waals surface area contributed by atoms with Crippen molar-refractivity contribution in [3.05, 3.63) is 47.5 Å². The third-order valence-corrected chi connectivity index (χ3v) is 2.50. The van der Waals surface area contributed by atoms with Crippen molar-refractivity contribution in [2.24, 2.45) is 0 Å². The number of carboxylic acids is 2. The fourth-order valence-corrected chi connectivity index (χ4v) is 1.83. The highest BCUT2D eigenvalue weighted by Gasteiger charge is 2.15. The lowest BCUT2D eigenvalue weighted by Gasteiger charge is -2.20. The van der Waals surface area contributed by atoms with E-state index in [0.717, 1.165) is 0 Å². The van der Waals surface area contributed by atoms with Crippen LogP contribution in [0.15, 0.2) is 25.3 Å². The third kappa shape index (κ3) is 2.32. The van der Waals surface area contributed by atoms with E-state index in [1.807, 2.05) is 0 Å². The third-order valence-electron chi connectivity index (χ3n) is 2.50. The Bertz CT molecular complexity index is 516. The Balaban J connectivity index is 3.82. The first-order valence-corrected chi connectivity index (χ1v) is 5.18. The van der Waals surface area contributed by atoms with Crippen LogP contribution in [-0.2, 0) is 0 Å². The van der Waals surface area contributed by atoms with Crippen molar-refractivity contribution in [2.75, 3.05) is 0 Å². The van der Waals surface area contributed by atoms with Gasteiger partial charge in [0.15, 0.2) is 0 Å². The van der Waals surface area contributed by atoms with Gasteiger partial charge in [0.2, 0.25) is 0 Å². The Morgan fingerprint density at radius 1 is 0.889 bits per heavy atom. The van der Waals surface area contributed by atoms with E-state index in [2.05, 4.69) is 13.2 Å². The summed E-state index contributed by atoms with van der Waals surface area (Å²) in [6.07, 6.45) is 0. The van der Waals surface area contributed by atoms with Gasteiger partial charge in [0, 0.05) is 11.1 Å². The van der Waals surface area contributed by atoms with E-state index in [-0.39, 0.29) is 22.3 Å². The van der Waals surface area contributed by atoms with Gasteiger partial charge in [-0.1, -0.05) is 25.3 Å². The van der Waals surface area contributed by atoms with E-state index in [0.29, 0.717) is 11.1 Å². The summed E-state index contributed by atoms with van der Waals surface area (Å²) in [7, 11) is 0. The summed E-state index contributed by atoms with van der Waals surface area (Å²) in [4.78, 5) is 22.1. The van der Waals surface area contributed by atoms with E-state index in [4.69, 9.17) is 0 Å². The summed E-state index contributed by atoms with van der Waals surface area (Å²) in [6.45, 7) is 10.5. The topological polar surface area (TPSA) is 80.3 Å². The fraction of sp³-hybridized carbons (Fsp3) is 0.143. The molecule has 0 radical (unpaired) electrons. The summed E-state index contributed by atoms with van der Waals surface area (Å²) >= 11 is 0. The van der Waals surface area contributed by atoms with Crippen LogP contribution in [0, 0.1) is 0 Å². The van der Waals surface area contributed by atoms with Crippen LogP contribution in [0.1, 0.15) is 45.7 Å². The number of hydrogen-bond acceptors (Lipinski definition) is 4. The normalized spacial score (nSPS) is 9.89. The van der Waals surface area contributed by atoms with Crippen molar-refractivity contribution in [2.45, 2.75) is 13.8 Å². The minimum Gasteiger partial charge on any atom is -0.545 e. The summed E-state index contributed by atoms with van der Waals surface area (Å²) in [5.74, 6) is -2.78. The van der Waals surface area contributed by atoms with Crippen LogP contribution in [0.4, 0.5) is 0 Å². The zero-order valence-corrected chi connectivity index (χ0v) is 10.2. The Labute approximate surface area is 105 Å². The quantitative estimate of drug-likeness (QED) is 0.771. The van der Waals surface area contributed by atoms with Crippen molar-refractivity contribution in [3.8, 4) is 0 Å². The second kappa shape index (κ2) is 4.87. The number of rotatable bonds is 4. The maximum Gasteiger partial charge on any atom is 0.0721 e. The molecule has 4 nitrogen and oxygen atoms in total. The molecule has 0 aliphatic rings. The second-order valence-electron chi connectivity index (χ2n) is 4.05. The lowest BCUT2D eigenvalue weighted by Crippen LogP contribution is -2.27. The minimum atomic E-state index is -1.39.